The van der Waals surface area contributed by atoms with E-state index in [9.17, 15) is 4.79 Å². The Bertz CT molecular complexity index is 305. The largest absolute Gasteiger partial charge is 0.337 e. The van der Waals surface area contributed by atoms with Crippen molar-refractivity contribution in [2.24, 2.45) is 0 Å². The molecule has 0 spiro atoms. The fraction of sp³-hybridized carbons (Fsp3) is 0.667. The van der Waals surface area contributed by atoms with Crippen LogP contribution in [-0.2, 0) is 6.54 Å². The Kier molecular flexibility index (Phi) is 2.88. The molecule has 1 aliphatic rings. The molecule has 0 unspecified atom stereocenters. The first-order chi connectivity index (χ1) is 6.88. The Labute approximate surface area is 82.1 Å². The monoisotopic (exact) mass is 195 g/mol. The zero-order valence-electron chi connectivity index (χ0n) is 7.98. The minimum absolute atomic E-state index is 0.136. The summed E-state index contributed by atoms with van der Waals surface area (Å²) < 4.78 is 4.92. The van der Waals surface area contributed by atoms with Crippen LogP contribution < -0.4 is 0 Å². The van der Waals surface area contributed by atoms with Crippen LogP contribution in [0.4, 0.5) is 0 Å². The molecule has 0 aromatic carbocycles. The molecule has 14 heavy (non-hydrogen) atoms. The molecule has 5 heteroatoms. The topological polar surface area (TPSA) is 59.2 Å². The van der Waals surface area contributed by atoms with Gasteiger partial charge in [-0.25, -0.2) is 0 Å². The third-order valence-electron chi connectivity index (χ3n) is 2.40. The fourth-order valence-corrected chi connectivity index (χ4v) is 1.69. The van der Waals surface area contributed by atoms with Crippen LogP contribution in [0, 0.1) is 0 Å². The number of hydrogen-bond donors (Lipinski definition) is 0. The second kappa shape index (κ2) is 4.32. The van der Waals surface area contributed by atoms with Gasteiger partial charge < -0.3 is 4.52 Å². The number of aldehydes is 1. The molecule has 0 amide bonds. The Morgan fingerprint density at radius 3 is 2.79 bits per heavy atom. The van der Waals surface area contributed by atoms with Crippen LogP contribution in [0.5, 0.6) is 0 Å². The predicted octanol–water partition coefficient (Wildman–Crippen LogP) is 0.868. The summed E-state index contributed by atoms with van der Waals surface area (Å²) in [7, 11) is 0. The first-order valence-electron chi connectivity index (χ1n) is 4.88. The van der Waals surface area contributed by atoms with Crippen molar-refractivity contribution >= 4 is 6.29 Å². The molecule has 0 aliphatic carbocycles. The highest BCUT2D eigenvalue weighted by atomic mass is 16.5. The summed E-state index contributed by atoms with van der Waals surface area (Å²) in [6, 6.07) is 0. The Hall–Kier alpha value is -1.23. The van der Waals surface area contributed by atoms with Gasteiger partial charge in [0.2, 0.25) is 11.7 Å². The molecule has 5 nitrogen and oxygen atoms in total. The Morgan fingerprint density at radius 2 is 2.14 bits per heavy atom. The molecular formula is C9H13N3O2. The zero-order chi connectivity index (χ0) is 9.80. The SMILES string of the molecule is O=Cc1noc(CN2CCCCC2)n1. The van der Waals surface area contributed by atoms with Crippen molar-refractivity contribution in [1.82, 2.24) is 15.0 Å². The van der Waals surface area contributed by atoms with Gasteiger partial charge in [-0.2, -0.15) is 4.98 Å². The molecule has 2 heterocycles. The van der Waals surface area contributed by atoms with Gasteiger partial charge in [-0.15, -0.1) is 0 Å². The Balaban J connectivity index is 1.92. The van der Waals surface area contributed by atoms with E-state index >= 15 is 0 Å². The summed E-state index contributed by atoms with van der Waals surface area (Å²) >= 11 is 0. The number of piperidine rings is 1. The van der Waals surface area contributed by atoms with Gasteiger partial charge in [-0.3, -0.25) is 9.69 Å². The Morgan fingerprint density at radius 1 is 1.36 bits per heavy atom. The fourth-order valence-electron chi connectivity index (χ4n) is 1.69. The maximum absolute atomic E-state index is 10.3. The number of carbonyl (C=O) groups is 1. The van der Waals surface area contributed by atoms with Gasteiger partial charge in [-0.1, -0.05) is 11.6 Å². The van der Waals surface area contributed by atoms with Gasteiger partial charge in [0.1, 0.15) is 0 Å². The molecule has 76 valence electrons. The highest BCUT2D eigenvalue weighted by molar-refractivity contribution is 5.68. The van der Waals surface area contributed by atoms with Crippen molar-refractivity contribution < 1.29 is 9.32 Å². The molecule has 0 radical (unpaired) electrons. The summed E-state index contributed by atoms with van der Waals surface area (Å²) in [5.74, 6) is 0.672. The maximum atomic E-state index is 10.3. The van der Waals surface area contributed by atoms with Crippen molar-refractivity contribution in [3.05, 3.63) is 11.7 Å². The lowest BCUT2D eigenvalue weighted by Crippen LogP contribution is -2.29. The number of likely N-dealkylation sites (tertiary alicyclic amines) is 1. The zero-order valence-corrected chi connectivity index (χ0v) is 7.98. The second-order valence-electron chi connectivity index (χ2n) is 3.50. The first kappa shape index (κ1) is 9.33. The molecule has 1 saturated heterocycles. The average Bonchev–Trinajstić information content (AvgIpc) is 2.67. The number of aromatic nitrogens is 2. The number of hydrogen-bond acceptors (Lipinski definition) is 5. The minimum Gasteiger partial charge on any atom is -0.337 e. The highest BCUT2D eigenvalue weighted by Gasteiger charge is 2.14. The number of nitrogens with zero attached hydrogens (tertiary/aromatic N) is 3. The molecule has 0 atom stereocenters. The van der Waals surface area contributed by atoms with E-state index in [2.05, 4.69) is 15.0 Å². The van der Waals surface area contributed by atoms with Crippen molar-refractivity contribution in [2.45, 2.75) is 25.8 Å². The molecule has 0 saturated carbocycles. The van der Waals surface area contributed by atoms with E-state index in [0.717, 1.165) is 13.1 Å². The summed E-state index contributed by atoms with van der Waals surface area (Å²) in [6.45, 7) is 2.83. The van der Waals surface area contributed by atoms with Crippen molar-refractivity contribution in [3.63, 3.8) is 0 Å². The summed E-state index contributed by atoms with van der Waals surface area (Å²) in [4.78, 5) is 16.5. The predicted molar refractivity (Wildman–Crippen MR) is 48.8 cm³/mol. The summed E-state index contributed by atoms with van der Waals surface area (Å²) in [6.07, 6.45) is 4.37. The normalized spacial score (nSPS) is 18.3. The molecule has 2 rings (SSSR count). The molecule has 0 N–H and O–H groups in total. The van der Waals surface area contributed by atoms with E-state index in [-0.39, 0.29) is 5.82 Å². The molecule has 1 aromatic rings. The van der Waals surface area contributed by atoms with Gasteiger partial charge >= 0.3 is 0 Å². The van der Waals surface area contributed by atoms with E-state index in [1.807, 2.05) is 0 Å². The molecule has 1 aliphatic heterocycles. The quantitative estimate of drug-likeness (QED) is 0.670. The van der Waals surface area contributed by atoms with Crippen molar-refractivity contribution in [2.75, 3.05) is 13.1 Å². The third kappa shape index (κ3) is 2.17. The lowest BCUT2D eigenvalue weighted by Gasteiger charge is -2.24. The van der Waals surface area contributed by atoms with Crippen molar-refractivity contribution in [1.29, 1.82) is 0 Å². The molecule has 1 fully saturated rings. The second-order valence-corrected chi connectivity index (χ2v) is 3.50. The van der Waals surface area contributed by atoms with E-state index in [1.54, 1.807) is 0 Å². The van der Waals surface area contributed by atoms with Crippen LogP contribution in [-0.4, -0.2) is 34.4 Å². The van der Waals surface area contributed by atoms with Crippen LogP contribution in [0.1, 0.15) is 35.8 Å². The summed E-state index contributed by atoms with van der Waals surface area (Å²) in [5.41, 5.74) is 0. The lowest BCUT2D eigenvalue weighted by molar-refractivity contribution is 0.111. The van der Waals surface area contributed by atoms with E-state index in [1.165, 1.54) is 19.3 Å². The summed E-state index contributed by atoms with van der Waals surface area (Å²) in [5, 5.41) is 3.52. The first-order valence-corrected chi connectivity index (χ1v) is 4.88. The van der Waals surface area contributed by atoms with Crippen LogP contribution in [0.3, 0.4) is 0 Å². The third-order valence-corrected chi connectivity index (χ3v) is 2.40. The van der Waals surface area contributed by atoms with Gasteiger partial charge in [0, 0.05) is 0 Å². The van der Waals surface area contributed by atoms with Crippen LogP contribution in [0.25, 0.3) is 0 Å². The molecule has 1 aromatic heterocycles. The van der Waals surface area contributed by atoms with Crippen LogP contribution >= 0.6 is 0 Å². The smallest absolute Gasteiger partial charge is 0.241 e. The van der Waals surface area contributed by atoms with Gasteiger partial charge in [0.15, 0.2) is 6.29 Å². The maximum Gasteiger partial charge on any atom is 0.241 e. The minimum atomic E-state index is 0.136. The lowest BCUT2D eigenvalue weighted by atomic mass is 10.1. The van der Waals surface area contributed by atoms with Crippen LogP contribution in [0.15, 0.2) is 4.52 Å². The molecular weight excluding hydrogens is 182 g/mol. The standard InChI is InChI=1S/C9H13N3O2/c13-7-8-10-9(14-11-8)6-12-4-2-1-3-5-12/h7H,1-6H2. The van der Waals surface area contributed by atoms with Gasteiger partial charge in [0.05, 0.1) is 6.54 Å². The van der Waals surface area contributed by atoms with E-state index in [4.69, 9.17) is 4.52 Å². The van der Waals surface area contributed by atoms with Crippen molar-refractivity contribution in [3.8, 4) is 0 Å². The molecule has 0 bridgehead atoms. The number of carbonyl (C=O) groups excluding carboxylic acids is 1. The highest BCUT2D eigenvalue weighted by Crippen LogP contribution is 2.11. The van der Waals surface area contributed by atoms with E-state index in [0.29, 0.717) is 18.7 Å². The average molecular weight is 195 g/mol. The number of rotatable bonds is 3. The van der Waals surface area contributed by atoms with Gasteiger partial charge in [-0.05, 0) is 25.9 Å². The van der Waals surface area contributed by atoms with Crippen LogP contribution in [0.2, 0.25) is 0 Å². The van der Waals surface area contributed by atoms with Gasteiger partial charge in [0.25, 0.3) is 0 Å². The van der Waals surface area contributed by atoms with E-state index < -0.39 is 0 Å².